The maximum absolute atomic E-state index is 12.2. The lowest BCUT2D eigenvalue weighted by molar-refractivity contribution is -0.142. The van der Waals surface area contributed by atoms with Gasteiger partial charge in [-0.3, -0.25) is 4.79 Å². The minimum Gasteiger partial charge on any atom is -0.381 e. The predicted molar refractivity (Wildman–Crippen MR) is 57.6 cm³/mol. The van der Waals surface area contributed by atoms with E-state index in [-0.39, 0.29) is 5.92 Å². The van der Waals surface area contributed by atoms with Gasteiger partial charge in [-0.1, -0.05) is 0 Å². The highest BCUT2D eigenvalue weighted by molar-refractivity contribution is 5.79. The van der Waals surface area contributed by atoms with E-state index in [9.17, 15) is 4.79 Å². The number of ether oxygens (including phenoxy) is 1. The van der Waals surface area contributed by atoms with Gasteiger partial charge in [-0.15, -0.1) is 0 Å². The Bertz CT molecular complexity index is 227. The summed E-state index contributed by atoms with van der Waals surface area (Å²) >= 11 is 0. The normalized spacial score (nSPS) is 32.7. The smallest absolute Gasteiger partial charge is 0.228 e. The predicted octanol–water partition coefficient (Wildman–Crippen LogP) is 0.233. The molecule has 0 spiro atoms. The summed E-state index contributed by atoms with van der Waals surface area (Å²) in [6.07, 6.45) is 2.02. The number of amides is 1. The molecule has 2 atom stereocenters. The molecule has 2 aliphatic rings. The average molecular weight is 212 g/mol. The Morgan fingerprint density at radius 3 is 3.07 bits per heavy atom. The minimum absolute atomic E-state index is 0.110. The summed E-state index contributed by atoms with van der Waals surface area (Å²) in [5.41, 5.74) is 0. The third-order valence-electron chi connectivity index (χ3n) is 3.29. The number of hydrogen-bond acceptors (Lipinski definition) is 3. The van der Waals surface area contributed by atoms with Crippen LogP contribution >= 0.6 is 0 Å². The molecule has 0 saturated carbocycles. The molecule has 1 unspecified atom stereocenters. The van der Waals surface area contributed by atoms with Gasteiger partial charge in [-0.2, -0.15) is 0 Å². The number of hydrogen-bond donors (Lipinski definition) is 1. The molecule has 1 N–H and O–H groups in total. The summed E-state index contributed by atoms with van der Waals surface area (Å²) in [6.45, 7) is 6.23. The Hall–Kier alpha value is -0.610. The molecule has 0 aromatic carbocycles. The van der Waals surface area contributed by atoms with Crippen LogP contribution in [0.4, 0.5) is 0 Å². The first-order valence-corrected chi connectivity index (χ1v) is 5.88. The third-order valence-corrected chi connectivity index (χ3v) is 3.29. The molecule has 0 bridgehead atoms. The fourth-order valence-corrected chi connectivity index (χ4v) is 2.34. The average Bonchev–Trinajstić information content (AvgIpc) is 2.30. The second-order valence-corrected chi connectivity index (χ2v) is 4.50. The molecule has 0 aliphatic carbocycles. The van der Waals surface area contributed by atoms with Crippen molar-refractivity contribution in [3.63, 3.8) is 0 Å². The van der Waals surface area contributed by atoms with Gasteiger partial charge in [0.25, 0.3) is 0 Å². The van der Waals surface area contributed by atoms with Crippen molar-refractivity contribution in [3.8, 4) is 0 Å². The summed E-state index contributed by atoms with van der Waals surface area (Å²) in [6, 6.07) is 0.327. The highest BCUT2D eigenvalue weighted by Gasteiger charge is 2.30. The lowest BCUT2D eigenvalue weighted by Gasteiger charge is -2.37. The lowest BCUT2D eigenvalue weighted by Crippen LogP contribution is -2.54. The van der Waals surface area contributed by atoms with Crippen LogP contribution in [0.1, 0.15) is 19.8 Å². The highest BCUT2D eigenvalue weighted by atomic mass is 16.5. The highest BCUT2D eigenvalue weighted by Crippen LogP contribution is 2.18. The lowest BCUT2D eigenvalue weighted by atomic mass is 9.99. The first-order valence-electron chi connectivity index (χ1n) is 5.88. The van der Waals surface area contributed by atoms with Crippen molar-refractivity contribution in [1.82, 2.24) is 10.2 Å². The molecule has 2 fully saturated rings. The van der Waals surface area contributed by atoms with Crippen molar-refractivity contribution >= 4 is 5.91 Å². The number of nitrogens with zero attached hydrogens (tertiary/aromatic N) is 1. The zero-order valence-electron chi connectivity index (χ0n) is 9.37. The standard InChI is InChI=1S/C11H20N2O2/c1-9-7-12-4-5-13(9)11(14)10-3-2-6-15-8-10/h9-10,12H,2-8H2,1H3/t9-,10?/m0/s1. The molecule has 86 valence electrons. The Morgan fingerprint density at radius 2 is 2.40 bits per heavy atom. The Balaban J connectivity index is 1.92. The largest absolute Gasteiger partial charge is 0.381 e. The van der Waals surface area contributed by atoms with Gasteiger partial charge in [0.1, 0.15) is 0 Å². The molecule has 0 aromatic heterocycles. The van der Waals surface area contributed by atoms with Crippen LogP contribution in [0.2, 0.25) is 0 Å². The van der Waals surface area contributed by atoms with Crippen LogP contribution in [0.25, 0.3) is 0 Å². The van der Waals surface area contributed by atoms with Crippen molar-refractivity contribution in [1.29, 1.82) is 0 Å². The van der Waals surface area contributed by atoms with E-state index in [2.05, 4.69) is 12.2 Å². The van der Waals surface area contributed by atoms with Crippen LogP contribution in [0.5, 0.6) is 0 Å². The Kier molecular flexibility index (Phi) is 3.59. The van der Waals surface area contributed by atoms with E-state index >= 15 is 0 Å². The van der Waals surface area contributed by atoms with E-state index in [1.807, 2.05) is 4.90 Å². The van der Waals surface area contributed by atoms with Gasteiger partial charge in [0, 0.05) is 32.3 Å². The third kappa shape index (κ3) is 2.49. The SMILES string of the molecule is C[C@H]1CNCCN1C(=O)C1CCCOC1. The van der Waals surface area contributed by atoms with E-state index < -0.39 is 0 Å². The number of carbonyl (C=O) groups excluding carboxylic acids is 1. The minimum atomic E-state index is 0.110. The van der Waals surface area contributed by atoms with Gasteiger partial charge >= 0.3 is 0 Å². The zero-order valence-corrected chi connectivity index (χ0v) is 9.37. The molecular formula is C11H20N2O2. The van der Waals surface area contributed by atoms with Crippen LogP contribution in [0.15, 0.2) is 0 Å². The van der Waals surface area contributed by atoms with Gasteiger partial charge in [-0.05, 0) is 19.8 Å². The van der Waals surface area contributed by atoms with E-state index in [0.29, 0.717) is 18.6 Å². The van der Waals surface area contributed by atoms with Gasteiger partial charge in [0.2, 0.25) is 5.91 Å². The van der Waals surface area contributed by atoms with E-state index in [0.717, 1.165) is 39.1 Å². The Labute approximate surface area is 91.0 Å². The summed E-state index contributed by atoms with van der Waals surface area (Å²) < 4.78 is 5.37. The number of nitrogens with one attached hydrogen (secondary N) is 1. The van der Waals surface area contributed by atoms with Gasteiger partial charge in [-0.25, -0.2) is 0 Å². The number of rotatable bonds is 1. The van der Waals surface area contributed by atoms with Gasteiger partial charge < -0.3 is 15.0 Å². The fraction of sp³-hybridized carbons (Fsp3) is 0.909. The van der Waals surface area contributed by atoms with Gasteiger partial charge in [0.05, 0.1) is 12.5 Å². The first kappa shape index (κ1) is 10.9. The molecule has 4 heteroatoms. The maximum Gasteiger partial charge on any atom is 0.228 e. The molecular weight excluding hydrogens is 192 g/mol. The topological polar surface area (TPSA) is 41.6 Å². The van der Waals surface area contributed by atoms with Crippen molar-refractivity contribution in [2.24, 2.45) is 5.92 Å². The molecule has 2 rings (SSSR count). The zero-order chi connectivity index (χ0) is 10.7. The number of carbonyl (C=O) groups is 1. The molecule has 0 aromatic rings. The van der Waals surface area contributed by atoms with Crippen molar-refractivity contribution < 1.29 is 9.53 Å². The molecule has 0 radical (unpaired) electrons. The molecule has 2 aliphatic heterocycles. The second-order valence-electron chi connectivity index (χ2n) is 4.50. The Morgan fingerprint density at radius 1 is 1.53 bits per heavy atom. The summed E-state index contributed by atoms with van der Waals surface area (Å²) in [7, 11) is 0. The second kappa shape index (κ2) is 4.94. The van der Waals surface area contributed by atoms with Crippen LogP contribution in [-0.2, 0) is 9.53 Å². The summed E-state index contributed by atoms with van der Waals surface area (Å²) in [5, 5.41) is 3.30. The fourth-order valence-electron chi connectivity index (χ4n) is 2.34. The van der Waals surface area contributed by atoms with Crippen molar-refractivity contribution in [3.05, 3.63) is 0 Å². The van der Waals surface area contributed by atoms with Crippen LogP contribution < -0.4 is 5.32 Å². The van der Waals surface area contributed by atoms with Crippen LogP contribution in [-0.4, -0.2) is 49.7 Å². The quantitative estimate of drug-likeness (QED) is 0.676. The maximum atomic E-state index is 12.2. The molecule has 4 nitrogen and oxygen atoms in total. The monoisotopic (exact) mass is 212 g/mol. The molecule has 2 saturated heterocycles. The van der Waals surface area contributed by atoms with E-state index in [1.54, 1.807) is 0 Å². The van der Waals surface area contributed by atoms with E-state index in [4.69, 9.17) is 4.74 Å². The summed E-state index contributed by atoms with van der Waals surface area (Å²) in [5.74, 6) is 0.406. The van der Waals surface area contributed by atoms with Crippen LogP contribution in [0, 0.1) is 5.92 Å². The van der Waals surface area contributed by atoms with Gasteiger partial charge in [0.15, 0.2) is 0 Å². The van der Waals surface area contributed by atoms with E-state index in [1.165, 1.54) is 0 Å². The molecule has 2 heterocycles. The van der Waals surface area contributed by atoms with Crippen molar-refractivity contribution in [2.75, 3.05) is 32.8 Å². The first-order chi connectivity index (χ1) is 7.29. The summed E-state index contributed by atoms with van der Waals surface area (Å²) in [4.78, 5) is 14.2. The number of piperazine rings is 1. The van der Waals surface area contributed by atoms with Crippen LogP contribution in [0.3, 0.4) is 0 Å². The molecule has 15 heavy (non-hydrogen) atoms. The van der Waals surface area contributed by atoms with Crippen molar-refractivity contribution in [2.45, 2.75) is 25.8 Å². The molecule has 1 amide bonds.